The van der Waals surface area contributed by atoms with Crippen LogP contribution in [-0.2, 0) is 6.42 Å². The molecule has 2 aromatic rings. The molecule has 0 unspecified atom stereocenters. The Hall–Kier alpha value is -1.35. The van der Waals surface area contributed by atoms with E-state index in [9.17, 15) is 0 Å². The minimum Gasteiger partial charge on any atom is -0.375 e. The van der Waals surface area contributed by atoms with E-state index < -0.39 is 0 Å². The fourth-order valence-electron chi connectivity index (χ4n) is 2.46. The first-order valence-corrected chi connectivity index (χ1v) is 9.70. The van der Waals surface area contributed by atoms with Crippen LogP contribution in [0.25, 0.3) is 0 Å². The summed E-state index contributed by atoms with van der Waals surface area (Å²) in [5.41, 5.74) is 1.25. The summed E-state index contributed by atoms with van der Waals surface area (Å²) in [6, 6.07) is 10.5. The van der Waals surface area contributed by atoms with Crippen molar-refractivity contribution in [1.82, 2.24) is 15.6 Å². The van der Waals surface area contributed by atoms with E-state index in [0.29, 0.717) is 0 Å². The van der Waals surface area contributed by atoms with Gasteiger partial charge in [-0.25, -0.2) is 4.98 Å². The van der Waals surface area contributed by atoms with Gasteiger partial charge in [-0.05, 0) is 32.4 Å². The second-order valence-corrected chi connectivity index (χ2v) is 7.23. The van der Waals surface area contributed by atoms with Crippen molar-refractivity contribution in [2.24, 2.45) is 4.99 Å². The number of aliphatic imine (C=N–C) groups is 1. The Kier molecular flexibility index (Phi) is 11.3. The zero-order valence-corrected chi connectivity index (χ0v) is 19.0. The molecule has 2 rings (SSSR count). The molecule has 0 amide bonds. The monoisotopic (exact) mass is 487 g/mol. The molecule has 26 heavy (non-hydrogen) atoms. The summed E-state index contributed by atoms with van der Waals surface area (Å²) in [5.74, 6) is 0.887. The minimum atomic E-state index is 0. The summed E-state index contributed by atoms with van der Waals surface area (Å²) in [7, 11) is 2.12. The third kappa shape index (κ3) is 8.35. The fraction of sp³-hybridized carbons (Fsp3) is 0.474. The second-order valence-electron chi connectivity index (χ2n) is 5.91. The summed E-state index contributed by atoms with van der Waals surface area (Å²) in [4.78, 5) is 12.6. The van der Waals surface area contributed by atoms with Gasteiger partial charge in [0.2, 0.25) is 0 Å². The molecule has 144 valence electrons. The van der Waals surface area contributed by atoms with Crippen molar-refractivity contribution in [2.45, 2.75) is 26.7 Å². The largest absolute Gasteiger partial charge is 0.375 e. The quantitative estimate of drug-likeness (QED) is 0.245. The third-order valence-electron chi connectivity index (χ3n) is 3.76. The van der Waals surface area contributed by atoms with Crippen LogP contribution >= 0.6 is 35.3 Å². The number of benzene rings is 1. The number of hydrogen-bond donors (Lipinski definition) is 2. The number of guanidine groups is 1. The Morgan fingerprint density at radius 2 is 2.00 bits per heavy atom. The molecule has 1 heterocycles. The number of anilines is 1. The molecular weight excluding hydrogens is 457 g/mol. The molecule has 0 atom stereocenters. The zero-order valence-electron chi connectivity index (χ0n) is 15.9. The van der Waals surface area contributed by atoms with Crippen LogP contribution in [-0.4, -0.2) is 44.2 Å². The normalized spacial score (nSPS) is 11.0. The summed E-state index contributed by atoms with van der Waals surface area (Å²) in [5, 5.41) is 7.86. The van der Waals surface area contributed by atoms with Crippen LogP contribution in [0.4, 0.5) is 5.69 Å². The third-order valence-corrected chi connectivity index (χ3v) is 4.74. The van der Waals surface area contributed by atoms with Crippen LogP contribution < -0.4 is 15.5 Å². The van der Waals surface area contributed by atoms with Gasteiger partial charge in [0.15, 0.2) is 5.96 Å². The van der Waals surface area contributed by atoms with Gasteiger partial charge in [0.25, 0.3) is 0 Å². The molecule has 0 saturated heterocycles. The number of halogens is 1. The lowest BCUT2D eigenvalue weighted by Crippen LogP contribution is -2.38. The first kappa shape index (κ1) is 22.7. The maximum Gasteiger partial charge on any atom is 0.191 e. The average molecular weight is 487 g/mol. The first-order chi connectivity index (χ1) is 12.2. The van der Waals surface area contributed by atoms with Gasteiger partial charge in [-0.2, -0.15) is 0 Å². The summed E-state index contributed by atoms with van der Waals surface area (Å²) < 4.78 is 0. The molecule has 5 nitrogen and oxygen atoms in total. The Morgan fingerprint density at radius 3 is 2.65 bits per heavy atom. The predicted octanol–water partition coefficient (Wildman–Crippen LogP) is 3.69. The molecule has 0 aliphatic carbocycles. The van der Waals surface area contributed by atoms with E-state index in [0.717, 1.165) is 45.0 Å². The molecule has 0 aliphatic heterocycles. The maximum atomic E-state index is 4.67. The lowest BCUT2D eigenvalue weighted by molar-refractivity contribution is 0.764. The van der Waals surface area contributed by atoms with E-state index in [4.69, 9.17) is 0 Å². The zero-order chi connectivity index (χ0) is 17.9. The molecule has 0 spiro atoms. The highest BCUT2D eigenvalue weighted by Gasteiger charge is 2.02. The molecule has 2 N–H and O–H groups in total. The summed E-state index contributed by atoms with van der Waals surface area (Å²) in [6.45, 7) is 7.69. The van der Waals surface area contributed by atoms with Crippen molar-refractivity contribution in [1.29, 1.82) is 0 Å². The van der Waals surface area contributed by atoms with Gasteiger partial charge in [0, 0.05) is 56.4 Å². The number of aromatic nitrogens is 1. The molecule has 1 aromatic heterocycles. The molecular formula is C19H30IN5S. The Bertz CT molecular complexity index is 644. The SMILES string of the molecule is CCNC(=NCCCN(C)c1ccccc1)NCCc1ncc(C)s1.I. The number of hydrogen-bond acceptors (Lipinski definition) is 4. The van der Waals surface area contributed by atoms with Crippen LogP contribution in [0.1, 0.15) is 23.2 Å². The van der Waals surface area contributed by atoms with Gasteiger partial charge >= 0.3 is 0 Å². The summed E-state index contributed by atoms with van der Waals surface area (Å²) in [6.07, 6.45) is 3.88. The highest BCUT2D eigenvalue weighted by Crippen LogP contribution is 2.11. The second kappa shape index (κ2) is 12.9. The van der Waals surface area contributed by atoms with Crippen molar-refractivity contribution in [3.63, 3.8) is 0 Å². The highest BCUT2D eigenvalue weighted by molar-refractivity contribution is 14.0. The minimum absolute atomic E-state index is 0. The van der Waals surface area contributed by atoms with Gasteiger partial charge < -0.3 is 15.5 Å². The Balaban J connectivity index is 0.00000338. The standard InChI is InChI=1S/C19H29N5S.HI/c1-4-20-19(22-13-11-18-23-15-16(2)25-18)21-12-8-14-24(3)17-9-6-5-7-10-17;/h5-7,9-10,15H,4,8,11-14H2,1-3H3,(H2,20,21,22);1H. The highest BCUT2D eigenvalue weighted by atomic mass is 127. The van der Waals surface area contributed by atoms with Gasteiger partial charge in [0.05, 0.1) is 5.01 Å². The van der Waals surface area contributed by atoms with E-state index in [1.807, 2.05) is 12.3 Å². The first-order valence-electron chi connectivity index (χ1n) is 8.88. The van der Waals surface area contributed by atoms with Crippen LogP contribution in [0.15, 0.2) is 41.5 Å². The summed E-state index contributed by atoms with van der Waals surface area (Å²) >= 11 is 1.76. The predicted molar refractivity (Wildman–Crippen MR) is 124 cm³/mol. The van der Waals surface area contributed by atoms with Crippen molar-refractivity contribution >= 4 is 47.0 Å². The lowest BCUT2D eigenvalue weighted by atomic mass is 10.3. The molecule has 0 bridgehead atoms. The number of nitrogens with one attached hydrogen (secondary N) is 2. The molecule has 0 fully saturated rings. The Morgan fingerprint density at radius 1 is 1.23 bits per heavy atom. The van der Waals surface area contributed by atoms with E-state index in [2.05, 4.69) is 70.7 Å². The molecule has 0 saturated carbocycles. The van der Waals surface area contributed by atoms with Crippen LogP contribution in [0.2, 0.25) is 0 Å². The van der Waals surface area contributed by atoms with E-state index in [1.54, 1.807) is 11.3 Å². The van der Waals surface area contributed by atoms with Gasteiger partial charge in [-0.1, -0.05) is 18.2 Å². The van der Waals surface area contributed by atoms with E-state index in [1.165, 1.54) is 15.6 Å². The van der Waals surface area contributed by atoms with Crippen molar-refractivity contribution in [3.05, 3.63) is 46.4 Å². The number of rotatable bonds is 9. The average Bonchev–Trinajstić information content (AvgIpc) is 3.04. The van der Waals surface area contributed by atoms with Crippen molar-refractivity contribution in [3.8, 4) is 0 Å². The fourth-order valence-corrected chi connectivity index (χ4v) is 3.24. The number of thiazole rings is 1. The molecule has 0 aliphatic rings. The number of aryl methyl sites for hydroxylation is 1. The van der Waals surface area contributed by atoms with Gasteiger partial charge in [-0.15, -0.1) is 35.3 Å². The van der Waals surface area contributed by atoms with Gasteiger partial charge in [0.1, 0.15) is 0 Å². The maximum absolute atomic E-state index is 4.67. The number of nitrogens with zero attached hydrogens (tertiary/aromatic N) is 3. The van der Waals surface area contributed by atoms with Crippen molar-refractivity contribution in [2.75, 3.05) is 38.1 Å². The molecule has 0 radical (unpaired) electrons. The number of para-hydroxylation sites is 1. The lowest BCUT2D eigenvalue weighted by Gasteiger charge is -2.18. The van der Waals surface area contributed by atoms with Crippen molar-refractivity contribution < 1.29 is 0 Å². The topological polar surface area (TPSA) is 52.6 Å². The molecule has 7 heteroatoms. The van der Waals surface area contributed by atoms with Crippen LogP contribution in [0, 0.1) is 6.92 Å². The Labute approximate surface area is 178 Å². The van der Waals surface area contributed by atoms with Gasteiger partial charge in [-0.3, -0.25) is 4.99 Å². The van der Waals surface area contributed by atoms with E-state index >= 15 is 0 Å². The van der Waals surface area contributed by atoms with Crippen LogP contribution in [0.5, 0.6) is 0 Å². The molecule has 1 aromatic carbocycles. The van der Waals surface area contributed by atoms with E-state index in [-0.39, 0.29) is 24.0 Å². The smallest absolute Gasteiger partial charge is 0.191 e. The van der Waals surface area contributed by atoms with Crippen LogP contribution in [0.3, 0.4) is 0 Å².